The third-order valence-corrected chi connectivity index (χ3v) is 7.89. The van der Waals surface area contributed by atoms with E-state index in [1.807, 2.05) is 36.0 Å². The minimum absolute atomic E-state index is 0.198. The van der Waals surface area contributed by atoms with Crippen molar-refractivity contribution in [3.05, 3.63) is 69.8 Å². The molecule has 2 nitrogen and oxygen atoms in total. The molecule has 1 aliphatic carbocycles. The van der Waals surface area contributed by atoms with E-state index in [9.17, 15) is 4.79 Å². The van der Waals surface area contributed by atoms with Crippen molar-refractivity contribution in [2.24, 2.45) is 0 Å². The van der Waals surface area contributed by atoms with Crippen LogP contribution in [0.3, 0.4) is 0 Å². The molecule has 1 aliphatic rings. The quantitative estimate of drug-likeness (QED) is 0.231. The van der Waals surface area contributed by atoms with Crippen LogP contribution in [0.15, 0.2) is 36.4 Å². The molecule has 32 heavy (non-hydrogen) atoms. The van der Waals surface area contributed by atoms with Crippen LogP contribution < -0.4 is 0 Å². The summed E-state index contributed by atoms with van der Waals surface area (Å²) in [7, 11) is 1.41. The number of rotatable bonds is 8. The van der Waals surface area contributed by atoms with Gasteiger partial charge in [0.1, 0.15) is 0 Å². The molecule has 0 heterocycles. The van der Waals surface area contributed by atoms with Gasteiger partial charge in [-0.15, -0.1) is 0 Å². The van der Waals surface area contributed by atoms with Gasteiger partial charge in [0, 0.05) is 5.75 Å². The zero-order valence-electron chi connectivity index (χ0n) is 20.6. The van der Waals surface area contributed by atoms with Crippen LogP contribution in [0.25, 0.3) is 12.2 Å². The Balaban J connectivity index is 1.97. The highest BCUT2D eigenvalue weighted by molar-refractivity contribution is 7.98. The molecule has 0 spiro atoms. The summed E-state index contributed by atoms with van der Waals surface area (Å²) in [4.78, 5) is 11.7. The molecule has 3 heteroatoms. The third-order valence-electron chi connectivity index (χ3n) is 6.80. The van der Waals surface area contributed by atoms with Crippen molar-refractivity contribution in [2.45, 2.75) is 76.9 Å². The maximum Gasteiger partial charge on any atom is 0.337 e. The van der Waals surface area contributed by atoms with Crippen LogP contribution in [-0.2, 0) is 21.3 Å². The van der Waals surface area contributed by atoms with Gasteiger partial charge in [0.15, 0.2) is 0 Å². The molecule has 0 fully saturated rings. The van der Waals surface area contributed by atoms with Crippen LogP contribution in [0.4, 0.5) is 0 Å². The van der Waals surface area contributed by atoms with Gasteiger partial charge in [0.05, 0.1) is 12.7 Å². The van der Waals surface area contributed by atoms with Gasteiger partial charge < -0.3 is 4.74 Å². The number of unbranched alkanes of at least 4 members (excludes halogenated alkanes) is 1. The first-order chi connectivity index (χ1) is 15.2. The Morgan fingerprint density at radius 1 is 1.00 bits per heavy atom. The van der Waals surface area contributed by atoms with Crippen molar-refractivity contribution in [1.29, 1.82) is 0 Å². The minimum Gasteiger partial charge on any atom is -0.465 e. The van der Waals surface area contributed by atoms with Crippen LogP contribution in [0.5, 0.6) is 0 Å². The Hall–Kier alpha value is -2.00. The number of thioether (sulfide) groups is 1. The van der Waals surface area contributed by atoms with Crippen molar-refractivity contribution in [3.63, 3.8) is 0 Å². The topological polar surface area (TPSA) is 26.3 Å². The summed E-state index contributed by atoms with van der Waals surface area (Å²) in [6.45, 7) is 11.8. The Labute approximate surface area is 198 Å². The van der Waals surface area contributed by atoms with E-state index in [0.717, 1.165) is 11.3 Å². The summed E-state index contributed by atoms with van der Waals surface area (Å²) in [5, 5.41) is 0. The van der Waals surface area contributed by atoms with Gasteiger partial charge in [-0.25, -0.2) is 4.79 Å². The maximum absolute atomic E-state index is 11.7. The lowest BCUT2D eigenvalue weighted by molar-refractivity contribution is 0.0600. The van der Waals surface area contributed by atoms with Gasteiger partial charge in [-0.1, -0.05) is 77.5 Å². The Bertz CT molecular complexity index is 967. The molecule has 0 atom stereocenters. The van der Waals surface area contributed by atoms with Crippen molar-refractivity contribution in [2.75, 3.05) is 12.9 Å². The van der Waals surface area contributed by atoms with Crippen LogP contribution in [-0.4, -0.2) is 18.8 Å². The van der Waals surface area contributed by atoms with Crippen LogP contribution in [0, 0.1) is 0 Å². The van der Waals surface area contributed by atoms with Gasteiger partial charge >= 0.3 is 5.97 Å². The minimum atomic E-state index is -0.300. The second kappa shape index (κ2) is 10.3. The Morgan fingerprint density at radius 2 is 1.62 bits per heavy atom. The van der Waals surface area contributed by atoms with E-state index in [1.165, 1.54) is 60.8 Å². The van der Waals surface area contributed by atoms with Gasteiger partial charge in [-0.2, -0.15) is 11.8 Å². The molecule has 0 N–H and O–H groups in total. The number of fused-ring (bicyclic) bond motifs is 1. The van der Waals surface area contributed by atoms with Gasteiger partial charge in [-0.3, -0.25) is 0 Å². The number of ether oxygens (including phenoxy) is 1. The summed E-state index contributed by atoms with van der Waals surface area (Å²) >= 11 is 2.04. The lowest BCUT2D eigenvalue weighted by atomic mass is 9.62. The Morgan fingerprint density at radius 3 is 2.22 bits per heavy atom. The van der Waals surface area contributed by atoms with Crippen molar-refractivity contribution in [3.8, 4) is 0 Å². The lowest BCUT2D eigenvalue weighted by Crippen LogP contribution is -2.34. The number of hydrogen-bond acceptors (Lipinski definition) is 3. The van der Waals surface area contributed by atoms with E-state index >= 15 is 0 Å². The molecule has 0 saturated carbocycles. The molecule has 0 bridgehead atoms. The fourth-order valence-corrected chi connectivity index (χ4v) is 5.53. The smallest absolute Gasteiger partial charge is 0.337 e. The summed E-state index contributed by atoms with van der Waals surface area (Å²) in [5.74, 6) is 1.96. The number of esters is 1. The predicted octanol–water partition coefficient (Wildman–Crippen LogP) is 8.03. The van der Waals surface area contributed by atoms with Gasteiger partial charge in [-0.05, 0) is 75.8 Å². The van der Waals surface area contributed by atoms with Crippen molar-refractivity contribution in [1.82, 2.24) is 0 Å². The maximum atomic E-state index is 11.7. The first kappa shape index (κ1) is 24.6. The van der Waals surface area contributed by atoms with E-state index in [0.29, 0.717) is 5.56 Å². The van der Waals surface area contributed by atoms with E-state index < -0.39 is 0 Å². The molecule has 0 aromatic heterocycles. The number of hydrogen-bond donors (Lipinski definition) is 0. The average Bonchev–Trinajstić information content (AvgIpc) is 2.78. The summed E-state index contributed by atoms with van der Waals surface area (Å²) in [6.07, 6.45) is 9.37. The van der Waals surface area contributed by atoms with E-state index in [2.05, 4.69) is 58.9 Å². The normalized spacial score (nSPS) is 16.7. The number of methoxy groups -OCH3 is 1. The number of carbonyl (C=O) groups is 1. The SMILES string of the molecule is CCCCSCc1cc2c(cc1/C=C/c1ccc(C(=O)OC)cc1)C(C)(C)CCC2(C)C. The van der Waals surface area contributed by atoms with E-state index in [4.69, 9.17) is 4.74 Å². The highest BCUT2D eigenvalue weighted by Crippen LogP contribution is 2.47. The molecular formula is C29H38O2S. The zero-order valence-corrected chi connectivity index (χ0v) is 21.4. The van der Waals surface area contributed by atoms with Crippen LogP contribution in [0.1, 0.15) is 98.5 Å². The van der Waals surface area contributed by atoms with Crippen LogP contribution >= 0.6 is 11.8 Å². The van der Waals surface area contributed by atoms with E-state index in [1.54, 1.807) is 0 Å². The van der Waals surface area contributed by atoms with Gasteiger partial charge in [0.2, 0.25) is 0 Å². The molecule has 0 saturated heterocycles. The summed E-state index contributed by atoms with van der Waals surface area (Å²) < 4.78 is 4.81. The number of carbonyl (C=O) groups excluding carboxylic acids is 1. The fraction of sp³-hybridized carbons (Fsp3) is 0.483. The van der Waals surface area contributed by atoms with E-state index in [-0.39, 0.29) is 16.8 Å². The molecule has 0 unspecified atom stereocenters. The molecule has 2 aromatic rings. The summed E-state index contributed by atoms with van der Waals surface area (Å²) in [5.41, 5.74) is 7.85. The van der Waals surface area contributed by atoms with Crippen molar-refractivity contribution >= 4 is 29.9 Å². The molecule has 3 rings (SSSR count). The fourth-order valence-electron chi connectivity index (χ4n) is 4.42. The second-order valence-electron chi connectivity index (χ2n) is 10.2. The molecule has 172 valence electrons. The largest absolute Gasteiger partial charge is 0.465 e. The van der Waals surface area contributed by atoms with Gasteiger partial charge in [0.25, 0.3) is 0 Å². The van der Waals surface area contributed by atoms with Crippen LogP contribution in [0.2, 0.25) is 0 Å². The third kappa shape index (κ3) is 5.67. The molecule has 0 radical (unpaired) electrons. The highest BCUT2D eigenvalue weighted by atomic mass is 32.2. The average molecular weight is 451 g/mol. The second-order valence-corrected chi connectivity index (χ2v) is 11.3. The first-order valence-corrected chi connectivity index (χ1v) is 13.0. The standard InChI is InChI=1S/C29H38O2S/c1-7-8-17-32-20-24-19-26-25(28(2,3)15-16-29(26,4)5)18-23(24)14-11-21-9-12-22(13-10-21)27(30)31-6/h9-14,18-19H,7-8,15-17,20H2,1-6H3/b14-11+. The zero-order chi connectivity index (χ0) is 23.4. The molecule has 0 amide bonds. The Kier molecular flexibility index (Phi) is 7.92. The number of benzene rings is 2. The molecule has 0 aliphatic heterocycles. The summed E-state index contributed by atoms with van der Waals surface area (Å²) in [6, 6.07) is 12.5. The predicted molar refractivity (Wildman–Crippen MR) is 140 cm³/mol. The lowest BCUT2D eigenvalue weighted by Gasteiger charge is -2.42. The molecular weight excluding hydrogens is 412 g/mol. The monoisotopic (exact) mass is 450 g/mol. The molecule has 2 aromatic carbocycles. The first-order valence-electron chi connectivity index (χ1n) is 11.8. The highest BCUT2D eigenvalue weighted by Gasteiger charge is 2.37. The van der Waals surface area contributed by atoms with Crippen molar-refractivity contribution < 1.29 is 9.53 Å².